The lowest BCUT2D eigenvalue weighted by molar-refractivity contribution is -0.116. The van der Waals surface area contributed by atoms with Crippen molar-refractivity contribution in [2.75, 3.05) is 26.1 Å². The fraction of sp³-hybridized carbons (Fsp3) is 0.348. The molecule has 9 nitrogen and oxygen atoms in total. The number of aromatic nitrogens is 2. The van der Waals surface area contributed by atoms with Crippen molar-refractivity contribution in [1.29, 1.82) is 0 Å². The average molecular weight is 508 g/mol. The lowest BCUT2D eigenvalue weighted by Crippen LogP contribution is -2.43. The van der Waals surface area contributed by atoms with Crippen LogP contribution < -0.4 is 26.0 Å². The van der Waals surface area contributed by atoms with Crippen molar-refractivity contribution in [1.82, 2.24) is 9.13 Å². The molecular formula is C23H23Cl2N3O6. The first-order chi connectivity index (χ1) is 16.3. The third kappa shape index (κ3) is 4.77. The molecule has 1 N–H and O–H groups in total. The molecule has 0 spiro atoms. The van der Waals surface area contributed by atoms with Crippen molar-refractivity contribution in [2.24, 2.45) is 0 Å². The molecule has 1 aliphatic rings. The zero-order chi connectivity index (χ0) is 24.4. The van der Waals surface area contributed by atoms with E-state index in [1.54, 1.807) is 12.1 Å². The lowest BCUT2D eigenvalue weighted by Gasteiger charge is -2.18. The van der Waals surface area contributed by atoms with Crippen molar-refractivity contribution in [3.8, 4) is 11.5 Å². The average Bonchev–Trinajstić information content (AvgIpc) is 3.34. The maximum atomic E-state index is 13.4. The molecule has 11 heteroatoms. The summed E-state index contributed by atoms with van der Waals surface area (Å²) in [5.74, 6) is 0.124. The molecule has 0 saturated carbocycles. The third-order valence-corrected chi connectivity index (χ3v) is 6.21. The van der Waals surface area contributed by atoms with Crippen molar-refractivity contribution in [3.63, 3.8) is 0 Å². The van der Waals surface area contributed by atoms with Crippen LogP contribution in [0.4, 0.5) is 5.69 Å². The number of halogens is 2. The molecule has 1 fully saturated rings. The van der Waals surface area contributed by atoms with Gasteiger partial charge in [-0.1, -0.05) is 23.2 Å². The number of fused-ring (bicyclic) bond motifs is 1. The summed E-state index contributed by atoms with van der Waals surface area (Å²) in [5, 5.41) is 3.57. The Labute approximate surface area is 204 Å². The number of rotatable bonds is 7. The summed E-state index contributed by atoms with van der Waals surface area (Å²) in [5.41, 5.74) is -0.578. The minimum absolute atomic E-state index is 0.0870. The zero-order valence-corrected chi connectivity index (χ0v) is 20.1. The van der Waals surface area contributed by atoms with E-state index in [2.05, 4.69) is 5.32 Å². The van der Waals surface area contributed by atoms with E-state index in [1.165, 1.54) is 37.0 Å². The van der Waals surface area contributed by atoms with Gasteiger partial charge in [-0.15, -0.1) is 0 Å². The van der Waals surface area contributed by atoms with Crippen molar-refractivity contribution in [3.05, 3.63) is 61.2 Å². The summed E-state index contributed by atoms with van der Waals surface area (Å²) in [6.07, 6.45) is 1.34. The van der Waals surface area contributed by atoms with Crippen LogP contribution in [0.15, 0.2) is 39.9 Å². The number of anilines is 1. The monoisotopic (exact) mass is 507 g/mol. The molecule has 0 radical (unpaired) electrons. The van der Waals surface area contributed by atoms with Crippen LogP contribution in [0.25, 0.3) is 10.9 Å². The van der Waals surface area contributed by atoms with Gasteiger partial charge in [-0.2, -0.15) is 0 Å². The number of carbonyl (C=O) groups is 1. The standard InChI is InChI=1S/C23H23Cl2N3O6/c1-32-19-9-15-18(10-20(19)33-2)27(12-21(29)26-17-8-13(24)5-6-16(17)25)23(31)28(22(15)30)11-14-4-3-7-34-14/h5-6,8-10,14H,3-4,7,11-12H2,1-2H3,(H,26,29)/t14-/m0/s1. The normalized spacial score (nSPS) is 15.5. The predicted molar refractivity (Wildman–Crippen MR) is 130 cm³/mol. The van der Waals surface area contributed by atoms with E-state index in [1.807, 2.05) is 0 Å². The number of benzene rings is 2. The molecule has 0 aliphatic carbocycles. The van der Waals surface area contributed by atoms with Gasteiger partial charge in [0.25, 0.3) is 5.56 Å². The Kier molecular flexibility index (Phi) is 7.16. The number of carbonyl (C=O) groups excluding carboxylic acids is 1. The van der Waals surface area contributed by atoms with Gasteiger partial charge in [-0.3, -0.25) is 18.7 Å². The maximum absolute atomic E-state index is 13.4. The molecule has 1 amide bonds. The molecule has 1 saturated heterocycles. The van der Waals surface area contributed by atoms with E-state index in [0.29, 0.717) is 33.8 Å². The molecule has 0 unspecified atom stereocenters. The van der Waals surface area contributed by atoms with Crippen LogP contribution in [0.1, 0.15) is 12.8 Å². The molecule has 34 heavy (non-hydrogen) atoms. The topological polar surface area (TPSA) is 101 Å². The van der Waals surface area contributed by atoms with E-state index in [0.717, 1.165) is 17.4 Å². The van der Waals surface area contributed by atoms with E-state index in [-0.39, 0.29) is 30.1 Å². The predicted octanol–water partition coefficient (Wildman–Crippen LogP) is 3.30. The Morgan fingerprint density at radius 3 is 2.53 bits per heavy atom. The first kappa shape index (κ1) is 24.1. The lowest BCUT2D eigenvalue weighted by atomic mass is 10.2. The molecule has 1 atom stereocenters. The van der Waals surface area contributed by atoms with Crippen LogP contribution in [0, 0.1) is 0 Å². The second-order valence-corrected chi connectivity index (χ2v) is 8.66. The van der Waals surface area contributed by atoms with Crippen LogP contribution in [0.5, 0.6) is 11.5 Å². The molecule has 2 heterocycles. The fourth-order valence-corrected chi connectivity index (χ4v) is 4.31. The van der Waals surface area contributed by atoms with Gasteiger partial charge in [-0.05, 0) is 37.1 Å². The fourth-order valence-electron chi connectivity index (χ4n) is 3.98. The number of nitrogens with zero attached hydrogens (tertiary/aromatic N) is 2. The summed E-state index contributed by atoms with van der Waals surface area (Å²) in [6.45, 7) is 0.290. The van der Waals surface area contributed by atoms with Gasteiger partial charge in [0, 0.05) is 17.7 Å². The van der Waals surface area contributed by atoms with Crippen LogP contribution in [0.2, 0.25) is 10.0 Å². The van der Waals surface area contributed by atoms with E-state index >= 15 is 0 Å². The minimum atomic E-state index is -0.632. The number of ether oxygens (including phenoxy) is 3. The Morgan fingerprint density at radius 1 is 1.12 bits per heavy atom. The molecule has 1 aliphatic heterocycles. The van der Waals surface area contributed by atoms with Gasteiger partial charge < -0.3 is 19.5 Å². The third-order valence-electron chi connectivity index (χ3n) is 5.64. The largest absolute Gasteiger partial charge is 0.493 e. The second kappa shape index (κ2) is 10.1. The van der Waals surface area contributed by atoms with E-state index < -0.39 is 17.2 Å². The van der Waals surface area contributed by atoms with Crippen LogP contribution in [-0.4, -0.2) is 42.0 Å². The van der Waals surface area contributed by atoms with Crippen molar-refractivity contribution in [2.45, 2.75) is 32.0 Å². The Morgan fingerprint density at radius 2 is 1.85 bits per heavy atom. The summed E-state index contributed by atoms with van der Waals surface area (Å²) in [7, 11) is 2.89. The highest BCUT2D eigenvalue weighted by atomic mass is 35.5. The van der Waals surface area contributed by atoms with Crippen LogP contribution >= 0.6 is 23.2 Å². The van der Waals surface area contributed by atoms with Gasteiger partial charge in [0.2, 0.25) is 5.91 Å². The highest BCUT2D eigenvalue weighted by Gasteiger charge is 2.23. The van der Waals surface area contributed by atoms with Gasteiger partial charge in [-0.25, -0.2) is 4.79 Å². The van der Waals surface area contributed by atoms with E-state index in [9.17, 15) is 14.4 Å². The Balaban J connectivity index is 1.82. The van der Waals surface area contributed by atoms with Gasteiger partial charge in [0.05, 0.1) is 48.5 Å². The molecule has 3 aromatic rings. The van der Waals surface area contributed by atoms with E-state index in [4.69, 9.17) is 37.4 Å². The van der Waals surface area contributed by atoms with Gasteiger partial charge in [0.15, 0.2) is 11.5 Å². The minimum Gasteiger partial charge on any atom is -0.493 e. The molecule has 4 rings (SSSR count). The molecular weight excluding hydrogens is 485 g/mol. The smallest absolute Gasteiger partial charge is 0.332 e. The second-order valence-electron chi connectivity index (χ2n) is 7.82. The maximum Gasteiger partial charge on any atom is 0.332 e. The Hall–Kier alpha value is -3.01. The van der Waals surface area contributed by atoms with Crippen LogP contribution in [-0.2, 0) is 22.6 Å². The van der Waals surface area contributed by atoms with Crippen molar-refractivity contribution >= 4 is 45.7 Å². The number of amides is 1. The SMILES string of the molecule is COc1cc2c(=O)n(C[C@@H]3CCCO3)c(=O)n(CC(=O)Nc3cc(Cl)ccc3Cl)c2cc1OC. The summed E-state index contributed by atoms with van der Waals surface area (Å²) in [4.78, 5) is 39.6. The number of methoxy groups -OCH3 is 2. The molecule has 0 bridgehead atoms. The Bertz CT molecular complexity index is 1360. The van der Waals surface area contributed by atoms with Crippen molar-refractivity contribution < 1.29 is 19.0 Å². The number of nitrogens with one attached hydrogen (secondary N) is 1. The first-order valence-corrected chi connectivity index (χ1v) is 11.3. The number of hydrogen-bond donors (Lipinski definition) is 1. The quantitative estimate of drug-likeness (QED) is 0.526. The highest BCUT2D eigenvalue weighted by molar-refractivity contribution is 6.35. The molecule has 180 valence electrons. The summed E-state index contributed by atoms with van der Waals surface area (Å²) >= 11 is 12.2. The molecule has 1 aromatic heterocycles. The first-order valence-electron chi connectivity index (χ1n) is 10.6. The van der Waals surface area contributed by atoms with Crippen LogP contribution in [0.3, 0.4) is 0 Å². The number of hydrogen-bond acceptors (Lipinski definition) is 6. The van der Waals surface area contributed by atoms with Gasteiger partial charge >= 0.3 is 5.69 Å². The molecule has 2 aromatic carbocycles. The van der Waals surface area contributed by atoms with Gasteiger partial charge in [0.1, 0.15) is 6.54 Å². The zero-order valence-electron chi connectivity index (χ0n) is 18.6. The summed E-state index contributed by atoms with van der Waals surface area (Å²) in [6, 6.07) is 7.67. The summed E-state index contributed by atoms with van der Waals surface area (Å²) < 4.78 is 18.6. The highest BCUT2D eigenvalue weighted by Crippen LogP contribution is 2.31.